The van der Waals surface area contributed by atoms with Crippen LogP contribution in [-0.2, 0) is 5.41 Å². The zero-order valence-corrected chi connectivity index (χ0v) is 11.6. The first-order valence-electron chi connectivity index (χ1n) is 6.14. The van der Waals surface area contributed by atoms with E-state index in [-0.39, 0.29) is 0 Å². The number of nitrogens with zero attached hydrogens (tertiary/aromatic N) is 2. The van der Waals surface area contributed by atoms with Crippen molar-refractivity contribution in [3.63, 3.8) is 0 Å². The van der Waals surface area contributed by atoms with Gasteiger partial charge in [0.1, 0.15) is 10.9 Å². The van der Waals surface area contributed by atoms with Gasteiger partial charge in [-0.15, -0.1) is 0 Å². The van der Waals surface area contributed by atoms with E-state index in [0.717, 1.165) is 16.6 Å². The van der Waals surface area contributed by atoms with Crippen molar-refractivity contribution >= 4 is 22.7 Å². The van der Waals surface area contributed by atoms with Crippen molar-refractivity contribution in [1.82, 2.24) is 4.98 Å². The minimum atomic E-state index is -0.752. The summed E-state index contributed by atoms with van der Waals surface area (Å²) < 4.78 is 5.23. The maximum atomic E-state index is 9.66. The lowest BCUT2D eigenvalue weighted by Crippen LogP contribution is -2.21. The number of fused-ring (bicyclic) bond motifs is 1. The van der Waals surface area contributed by atoms with Gasteiger partial charge >= 0.3 is 0 Å². The first kappa shape index (κ1) is 12.7. The van der Waals surface area contributed by atoms with Crippen molar-refractivity contribution in [1.29, 1.82) is 5.26 Å². The largest absolute Gasteiger partial charge is 0.443 e. The Morgan fingerprint density at radius 3 is 2.55 bits per heavy atom. The molecule has 0 aliphatic rings. The number of hydrogen-bond donors (Lipinski definition) is 0. The van der Waals surface area contributed by atoms with Crippen LogP contribution >= 0.6 is 11.6 Å². The van der Waals surface area contributed by atoms with Crippen LogP contribution in [0.15, 0.2) is 53.3 Å². The topological polar surface area (TPSA) is 49.8 Å². The summed E-state index contributed by atoms with van der Waals surface area (Å²) in [6.07, 6.45) is 1.40. The lowest BCUT2D eigenvalue weighted by Gasteiger charge is -2.22. The third-order valence-corrected chi connectivity index (χ3v) is 3.80. The number of aromatic nitrogens is 1. The van der Waals surface area contributed by atoms with Crippen LogP contribution in [0.1, 0.15) is 18.1 Å². The molecule has 0 bridgehead atoms. The maximum absolute atomic E-state index is 9.66. The predicted molar refractivity (Wildman–Crippen MR) is 77.5 cm³/mol. The zero-order valence-electron chi connectivity index (χ0n) is 10.8. The summed E-state index contributed by atoms with van der Waals surface area (Å²) in [6, 6.07) is 15.3. The molecule has 3 nitrogen and oxygen atoms in total. The number of halogens is 1. The number of benzene rings is 2. The molecule has 0 spiro atoms. The van der Waals surface area contributed by atoms with Crippen molar-refractivity contribution < 1.29 is 4.42 Å². The van der Waals surface area contributed by atoms with Gasteiger partial charge in [-0.25, -0.2) is 4.98 Å². The summed E-state index contributed by atoms with van der Waals surface area (Å²) in [5.74, 6) is 0. The van der Waals surface area contributed by atoms with Crippen LogP contribution in [0.5, 0.6) is 0 Å². The highest BCUT2D eigenvalue weighted by atomic mass is 35.5. The Kier molecular flexibility index (Phi) is 2.96. The molecule has 3 aromatic rings. The van der Waals surface area contributed by atoms with Crippen LogP contribution in [0.4, 0.5) is 0 Å². The van der Waals surface area contributed by atoms with E-state index in [0.29, 0.717) is 10.6 Å². The highest BCUT2D eigenvalue weighted by molar-refractivity contribution is 6.30. The fourth-order valence-electron chi connectivity index (χ4n) is 2.25. The van der Waals surface area contributed by atoms with Gasteiger partial charge in [0.25, 0.3) is 0 Å². The van der Waals surface area contributed by atoms with E-state index in [1.807, 2.05) is 37.3 Å². The highest BCUT2D eigenvalue weighted by Crippen LogP contribution is 2.33. The van der Waals surface area contributed by atoms with Gasteiger partial charge in [0.2, 0.25) is 0 Å². The Bertz CT molecular complexity index is 801. The summed E-state index contributed by atoms with van der Waals surface area (Å²) >= 11 is 5.91. The van der Waals surface area contributed by atoms with Crippen molar-refractivity contribution in [2.45, 2.75) is 12.3 Å². The summed E-state index contributed by atoms with van der Waals surface area (Å²) in [4.78, 5) is 4.14. The van der Waals surface area contributed by atoms with Crippen LogP contribution in [-0.4, -0.2) is 4.98 Å². The second kappa shape index (κ2) is 4.66. The van der Waals surface area contributed by atoms with E-state index in [1.54, 1.807) is 12.1 Å². The maximum Gasteiger partial charge on any atom is 0.181 e. The minimum Gasteiger partial charge on any atom is -0.443 e. The molecule has 4 heteroatoms. The molecule has 0 saturated heterocycles. The third-order valence-electron chi connectivity index (χ3n) is 3.55. The summed E-state index contributed by atoms with van der Waals surface area (Å²) in [5, 5.41) is 10.3. The molecular formula is C16H11ClN2O. The Labute approximate surface area is 121 Å². The van der Waals surface area contributed by atoms with Gasteiger partial charge in [0, 0.05) is 5.02 Å². The monoisotopic (exact) mass is 282 g/mol. The van der Waals surface area contributed by atoms with Crippen LogP contribution in [0.2, 0.25) is 5.02 Å². The first-order valence-corrected chi connectivity index (χ1v) is 6.52. The number of nitriles is 1. The van der Waals surface area contributed by atoms with Crippen molar-refractivity contribution in [3.05, 3.63) is 65.0 Å². The van der Waals surface area contributed by atoms with Crippen LogP contribution in [0.3, 0.4) is 0 Å². The van der Waals surface area contributed by atoms with E-state index in [1.165, 1.54) is 6.39 Å². The van der Waals surface area contributed by atoms with Crippen molar-refractivity contribution in [3.8, 4) is 6.07 Å². The van der Waals surface area contributed by atoms with E-state index < -0.39 is 5.41 Å². The molecule has 1 atom stereocenters. The lowest BCUT2D eigenvalue weighted by molar-refractivity contribution is 0.602. The quantitative estimate of drug-likeness (QED) is 0.704. The molecule has 0 aliphatic heterocycles. The molecule has 0 N–H and O–H groups in total. The predicted octanol–water partition coefficient (Wildman–Crippen LogP) is 4.31. The Morgan fingerprint density at radius 1 is 1.15 bits per heavy atom. The number of oxazole rings is 1. The molecule has 0 saturated carbocycles. The summed E-state index contributed by atoms with van der Waals surface area (Å²) in [6.45, 7) is 1.89. The van der Waals surface area contributed by atoms with Crippen molar-refractivity contribution in [2.24, 2.45) is 0 Å². The molecular weight excluding hydrogens is 272 g/mol. The molecule has 0 fully saturated rings. The fraction of sp³-hybridized carbons (Fsp3) is 0.125. The second-order valence-corrected chi connectivity index (χ2v) is 5.21. The molecule has 2 aromatic carbocycles. The Balaban J connectivity index is 2.16. The summed E-state index contributed by atoms with van der Waals surface area (Å²) in [7, 11) is 0. The molecule has 20 heavy (non-hydrogen) atoms. The van der Waals surface area contributed by atoms with Crippen LogP contribution in [0.25, 0.3) is 11.1 Å². The molecule has 0 amide bonds. The van der Waals surface area contributed by atoms with E-state index in [4.69, 9.17) is 16.0 Å². The standard InChI is InChI=1S/C16H11ClN2O/c1-16(9-18,11-2-5-13(17)6-3-11)12-4-7-15-14(8-12)19-10-20-15/h2-8,10H,1H3. The van der Waals surface area contributed by atoms with Crippen LogP contribution in [0, 0.1) is 11.3 Å². The fourth-order valence-corrected chi connectivity index (χ4v) is 2.37. The molecule has 98 valence electrons. The van der Waals surface area contributed by atoms with Crippen LogP contribution < -0.4 is 0 Å². The zero-order chi connectivity index (χ0) is 14.2. The van der Waals surface area contributed by atoms with E-state index in [2.05, 4.69) is 11.1 Å². The Morgan fingerprint density at radius 2 is 1.85 bits per heavy atom. The molecule has 3 rings (SSSR count). The van der Waals surface area contributed by atoms with Gasteiger partial charge in [-0.1, -0.05) is 29.8 Å². The van der Waals surface area contributed by atoms with E-state index in [9.17, 15) is 5.26 Å². The van der Waals surface area contributed by atoms with Crippen molar-refractivity contribution in [2.75, 3.05) is 0 Å². The SMILES string of the molecule is CC(C#N)(c1ccc(Cl)cc1)c1ccc2ocnc2c1. The van der Waals surface area contributed by atoms with E-state index >= 15 is 0 Å². The minimum absolute atomic E-state index is 0.654. The number of rotatable bonds is 2. The average Bonchev–Trinajstić information content (AvgIpc) is 2.94. The molecule has 1 heterocycles. The summed E-state index contributed by atoms with van der Waals surface area (Å²) in [5.41, 5.74) is 2.48. The van der Waals surface area contributed by atoms with Gasteiger partial charge < -0.3 is 4.42 Å². The van der Waals surface area contributed by atoms with Gasteiger partial charge in [0.15, 0.2) is 12.0 Å². The highest BCUT2D eigenvalue weighted by Gasteiger charge is 2.29. The second-order valence-electron chi connectivity index (χ2n) is 4.78. The normalized spacial score (nSPS) is 13.8. The van der Waals surface area contributed by atoms with Gasteiger partial charge in [-0.2, -0.15) is 5.26 Å². The molecule has 0 radical (unpaired) electrons. The lowest BCUT2D eigenvalue weighted by atomic mass is 9.77. The molecule has 0 aliphatic carbocycles. The Hall–Kier alpha value is -2.31. The first-order chi connectivity index (χ1) is 9.63. The molecule has 1 unspecified atom stereocenters. The smallest absolute Gasteiger partial charge is 0.181 e. The number of hydrogen-bond acceptors (Lipinski definition) is 3. The van der Waals surface area contributed by atoms with Gasteiger partial charge in [-0.3, -0.25) is 0 Å². The van der Waals surface area contributed by atoms with Gasteiger partial charge in [0.05, 0.1) is 6.07 Å². The average molecular weight is 283 g/mol. The third kappa shape index (κ3) is 1.95. The van der Waals surface area contributed by atoms with Gasteiger partial charge in [-0.05, 0) is 42.3 Å². The molecule has 1 aromatic heterocycles.